The maximum absolute atomic E-state index is 11.3. The Kier molecular flexibility index (Phi) is 4.22. The van der Waals surface area contributed by atoms with Gasteiger partial charge in [0.2, 0.25) is 0 Å². The van der Waals surface area contributed by atoms with Crippen LogP contribution in [0.1, 0.15) is 6.42 Å². The van der Waals surface area contributed by atoms with Crippen LogP contribution in [0.2, 0.25) is 0 Å². The van der Waals surface area contributed by atoms with Gasteiger partial charge in [-0.25, -0.2) is 0 Å². The van der Waals surface area contributed by atoms with Gasteiger partial charge in [0.1, 0.15) is 17.9 Å². The molecule has 4 nitrogen and oxygen atoms in total. The minimum atomic E-state index is -0.244. The summed E-state index contributed by atoms with van der Waals surface area (Å²) in [6, 6.07) is 7.60. The number of hydrogen-bond acceptors (Lipinski definition) is 4. The molecule has 1 heterocycles. The van der Waals surface area contributed by atoms with E-state index in [4.69, 9.17) is 9.47 Å². The Hall–Kier alpha value is -0.820. The lowest BCUT2D eigenvalue weighted by atomic mass is 10.2. The van der Waals surface area contributed by atoms with Gasteiger partial charge in [0.15, 0.2) is 0 Å². The van der Waals surface area contributed by atoms with E-state index in [9.17, 15) is 4.79 Å². The predicted molar refractivity (Wildman–Crippen MR) is 72.0 cm³/mol. The Morgan fingerprint density at radius 1 is 1.47 bits per heavy atom. The van der Waals surface area contributed by atoms with E-state index >= 15 is 0 Å². The summed E-state index contributed by atoms with van der Waals surface area (Å²) in [5.74, 6) is 0.643. The van der Waals surface area contributed by atoms with E-state index in [1.807, 2.05) is 24.3 Å². The summed E-state index contributed by atoms with van der Waals surface area (Å²) in [7, 11) is 1.40. The number of ether oxygens (including phenoxy) is 2. The summed E-state index contributed by atoms with van der Waals surface area (Å²) >= 11 is 2.24. The molecule has 0 amide bonds. The van der Waals surface area contributed by atoms with Crippen molar-refractivity contribution in [3.63, 3.8) is 0 Å². The van der Waals surface area contributed by atoms with E-state index in [1.165, 1.54) is 7.11 Å². The Morgan fingerprint density at radius 2 is 2.24 bits per heavy atom. The van der Waals surface area contributed by atoms with Gasteiger partial charge in [-0.15, -0.1) is 0 Å². The summed E-state index contributed by atoms with van der Waals surface area (Å²) in [6.45, 7) is 0.671. The Bertz CT molecular complexity index is 410. The van der Waals surface area contributed by atoms with Crippen LogP contribution < -0.4 is 10.1 Å². The fourth-order valence-electron chi connectivity index (χ4n) is 1.83. The van der Waals surface area contributed by atoms with E-state index < -0.39 is 0 Å². The number of nitrogens with one attached hydrogen (secondary N) is 1. The number of carbonyl (C=O) groups excluding carboxylic acids is 1. The largest absolute Gasteiger partial charge is 0.488 e. The molecule has 0 spiro atoms. The van der Waals surface area contributed by atoms with Gasteiger partial charge in [-0.2, -0.15) is 0 Å². The van der Waals surface area contributed by atoms with Crippen LogP contribution in [0, 0.1) is 3.57 Å². The van der Waals surface area contributed by atoms with Crippen LogP contribution in [0.25, 0.3) is 0 Å². The van der Waals surface area contributed by atoms with Gasteiger partial charge >= 0.3 is 5.97 Å². The Labute approximate surface area is 114 Å². The highest BCUT2D eigenvalue weighted by Gasteiger charge is 2.31. The molecule has 0 unspecified atom stereocenters. The summed E-state index contributed by atoms with van der Waals surface area (Å²) in [5.41, 5.74) is 0. The first-order valence-electron chi connectivity index (χ1n) is 5.43. The molecule has 17 heavy (non-hydrogen) atoms. The van der Waals surface area contributed by atoms with Crippen molar-refractivity contribution in [3.05, 3.63) is 27.8 Å². The Balaban J connectivity index is 1.94. The third-order valence-electron chi connectivity index (χ3n) is 2.71. The van der Waals surface area contributed by atoms with Crippen LogP contribution >= 0.6 is 22.6 Å². The number of benzene rings is 1. The number of para-hydroxylation sites is 1. The topological polar surface area (TPSA) is 47.6 Å². The molecule has 5 heteroatoms. The zero-order valence-corrected chi connectivity index (χ0v) is 11.6. The maximum atomic E-state index is 11.3. The predicted octanol–water partition coefficient (Wildman–Crippen LogP) is 1.57. The summed E-state index contributed by atoms with van der Waals surface area (Å²) in [6.07, 6.45) is 0.674. The number of carbonyl (C=O) groups is 1. The molecule has 0 aliphatic carbocycles. The van der Waals surface area contributed by atoms with Crippen LogP contribution in [0.5, 0.6) is 5.75 Å². The Morgan fingerprint density at radius 3 is 2.94 bits per heavy atom. The van der Waals surface area contributed by atoms with E-state index in [0.717, 1.165) is 9.32 Å². The average Bonchev–Trinajstić information content (AvgIpc) is 2.80. The number of esters is 1. The van der Waals surface area contributed by atoms with Gasteiger partial charge in [0, 0.05) is 13.0 Å². The third kappa shape index (κ3) is 3.10. The highest BCUT2D eigenvalue weighted by Crippen LogP contribution is 2.23. The molecule has 0 bridgehead atoms. The second-order valence-corrected chi connectivity index (χ2v) is 5.05. The maximum Gasteiger partial charge on any atom is 0.323 e. The minimum absolute atomic E-state index is 0.0232. The van der Waals surface area contributed by atoms with Crippen LogP contribution in [0.3, 0.4) is 0 Å². The van der Waals surface area contributed by atoms with Crippen molar-refractivity contribution in [2.45, 2.75) is 18.6 Å². The molecule has 0 aromatic heterocycles. The van der Waals surface area contributed by atoms with Crippen LogP contribution in [0.4, 0.5) is 0 Å². The highest BCUT2D eigenvalue weighted by molar-refractivity contribution is 14.1. The van der Waals surface area contributed by atoms with Gasteiger partial charge in [-0.05, 0) is 34.7 Å². The molecule has 1 saturated heterocycles. The summed E-state index contributed by atoms with van der Waals surface area (Å²) in [4.78, 5) is 11.3. The average molecular weight is 347 g/mol. The SMILES string of the molecule is COC(=O)[C@@H]1C[C@@H](Oc2ccccc2I)CN1. The molecule has 0 radical (unpaired) electrons. The smallest absolute Gasteiger partial charge is 0.323 e. The van der Waals surface area contributed by atoms with Crippen molar-refractivity contribution in [1.82, 2.24) is 5.32 Å². The van der Waals surface area contributed by atoms with Crippen molar-refractivity contribution in [2.24, 2.45) is 0 Å². The van der Waals surface area contributed by atoms with Crippen molar-refractivity contribution in [2.75, 3.05) is 13.7 Å². The van der Waals surface area contributed by atoms with Gasteiger partial charge in [-0.3, -0.25) is 4.79 Å². The number of halogens is 1. The van der Waals surface area contributed by atoms with Crippen molar-refractivity contribution in [1.29, 1.82) is 0 Å². The first kappa shape index (κ1) is 12.6. The molecule has 2 atom stereocenters. The van der Waals surface area contributed by atoms with E-state index in [-0.39, 0.29) is 18.1 Å². The van der Waals surface area contributed by atoms with Gasteiger partial charge in [0.25, 0.3) is 0 Å². The quantitative estimate of drug-likeness (QED) is 0.666. The van der Waals surface area contributed by atoms with E-state index in [2.05, 4.69) is 27.9 Å². The number of rotatable bonds is 3. The minimum Gasteiger partial charge on any atom is -0.488 e. The number of methoxy groups -OCH3 is 1. The lowest BCUT2D eigenvalue weighted by Gasteiger charge is -2.13. The first-order chi connectivity index (χ1) is 8.20. The first-order valence-corrected chi connectivity index (χ1v) is 6.51. The third-order valence-corrected chi connectivity index (χ3v) is 3.60. The molecular weight excluding hydrogens is 333 g/mol. The van der Waals surface area contributed by atoms with Gasteiger partial charge < -0.3 is 14.8 Å². The lowest BCUT2D eigenvalue weighted by Crippen LogP contribution is -2.31. The molecule has 0 saturated carbocycles. The second kappa shape index (κ2) is 5.68. The van der Waals surface area contributed by atoms with Crippen LogP contribution in [-0.2, 0) is 9.53 Å². The highest BCUT2D eigenvalue weighted by atomic mass is 127. The van der Waals surface area contributed by atoms with E-state index in [1.54, 1.807) is 0 Å². The monoisotopic (exact) mass is 347 g/mol. The molecule has 1 fully saturated rings. The molecule has 1 aliphatic heterocycles. The molecular formula is C12H14INO3. The zero-order valence-electron chi connectivity index (χ0n) is 9.48. The molecule has 1 aliphatic rings. The van der Waals surface area contributed by atoms with Crippen LogP contribution in [-0.4, -0.2) is 31.8 Å². The second-order valence-electron chi connectivity index (χ2n) is 3.89. The molecule has 1 N–H and O–H groups in total. The van der Waals surface area contributed by atoms with Crippen molar-refractivity contribution < 1.29 is 14.3 Å². The molecule has 1 aromatic rings. The normalized spacial score (nSPS) is 23.4. The fourth-order valence-corrected chi connectivity index (χ4v) is 2.35. The summed E-state index contributed by atoms with van der Waals surface area (Å²) in [5, 5.41) is 3.10. The standard InChI is InChI=1S/C12H14INO3/c1-16-12(15)10-6-8(7-14-10)17-11-5-3-2-4-9(11)13/h2-5,8,10,14H,6-7H2,1H3/t8-,10+/m1/s1. The van der Waals surface area contributed by atoms with Gasteiger partial charge in [0.05, 0.1) is 10.7 Å². The van der Waals surface area contributed by atoms with E-state index in [0.29, 0.717) is 13.0 Å². The van der Waals surface area contributed by atoms with Gasteiger partial charge in [-0.1, -0.05) is 12.1 Å². The number of hydrogen-bond donors (Lipinski definition) is 1. The molecule has 92 valence electrons. The molecule has 2 rings (SSSR count). The van der Waals surface area contributed by atoms with Crippen LogP contribution in [0.15, 0.2) is 24.3 Å². The van der Waals surface area contributed by atoms with Crippen molar-refractivity contribution in [3.8, 4) is 5.75 Å². The fraction of sp³-hybridized carbons (Fsp3) is 0.417. The van der Waals surface area contributed by atoms with Crippen molar-refractivity contribution >= 4 is 28.6 Å². The molecule has 1 aromatic carbocycles. The lowest BCUT2D eigenvalue weighted by molar-refractivity contribution is -0.142. The zero-order chi connectivity index (χ0) is 12.3. The summed E-state index contributed by atoms with van der Waals surface area (Å²) < 4.78 is 11.6.